The summed E-state index contributed by atoms with van der Waals surface area (Å²) in [5.41, 5.74) is 0.421. The first-order valence-electron chi connectivity index (χ1n) is 7.98. The summed E-state index contributed by atoms with van der Waals surface area (Å²) in [6.45, 7) is 2.08. The molecule has 1 aliphatic carbocycles. The SMILES string of the molecule is CCOc1ccc(CC/C=C/C2CCCCC2)c(F)c1F. The Labute approximate surface area is 126 Å². The standard InChI is InChI=1S/C18H24F2O/c1-2-21-16-13-12-15(17(19)18(16)20)11-7-6-10-14-8-4-3-5-9-14/h6,10,12-14H,2-5,7-9,11H2,1H3/b10-6+. The van der Waals surface area contributed by atoms with Crippen LogP contribution in [0.5, 0.6) is 5.75 Å². The van der Waals surface area contributed by atoms with Crippen molar-refractivity contribution in [3.63, 3.8) is 0 Å². The minimum Gasteiger partial charge on any atom is -0.491 e. The monoisotopic (exact) mass is 294 g/mol. The summed E-state index contributed by atoms with van der Waals surface area (Å²) in [5, 5.41) is 0. The normalized spacial score (nSPS) is 16.5. The maximum atomic E-state index is 13.9. The van der Waals surface area contributed by atoms with Gasteiger partial charge in [0.2, 0.25) is 5.82 Å². The van der Waals surface area contributed by atoms with E-state index in [1.165, 1.54) is 38.2 Å². The molecule has 0 aliphatic heterocycles. The van der Waals surface area contributed by atoms with Gasteiger partial charge in [0.05, 0.1) is 6.61 Å². The lowest BCUT2D eigenvalue weighted by Crippen LogP contribution is -2.02. The van der Waals surface area contributed by atoms with Crippen molar-refractivity contribution in [1.82, 2.24) is 0 Å². The second-order valence-electron chi connectivity index (χ2n) is 5.65. The molecule has 0 atom stereocenters. The zero-order valence-corrected chi connectivity index (χ0v) is 12.7. The summed E-state index contributed by atoms with van der Waals surface area (Å²) in [7, 11) is 0. The van der Waals surface area contributed by atoms with E-state index < -0.39 is 11.6 Å². The second-order valence-corrected chi connectivity index (χ2v) is 5.65. The molecule has 1 nitrogen and oxygen atoms in total. The molecule has 1 aliphatic rings. The molecule has 116 valence electrons. The van der Waals surface area contributed by atoms with E-state index in [1.54, 1.807) is 13.0 Å². The molecule has 21 heavy (non-hydrogen) atoms. The summed E-state index contributed by atoms with van der Waals surface area (Å²) in [5.74, 6) is -0.963. The zero-order valence-electron chi connectivity index (χ0n) is 12.7. The highest BCUT2D eigenvalue weighted by atomic mass is 19.2. The molecule has 1 aromatic carbocycles. The van der Waals surface area contributed by atoms with E-state index in [9.17, 15) is 8.78 Å². The Hall–Kier alpha value is -1.38. The molecule has 1 aromatic rings. The van der Waals surface area contributed by atoms with E-state index in [0.717, 1.165) is 6.42 Å². The first-order valence-corrected chi connectivity index (χ1v) is 7.98. The van der Waals surface area contributed by atoms with Crippen LogP contribution in [0.3, 0.4) is 0 Å². The van der Waals surface area contributed by atoms with Gasteiger partial charge < -0.3 is 4.74 Å². The fraction of sp³-hybridized carbons (Fsp3) is 0.556. The van der Waals surface area contributed by atoms with E-state index in [1.807, 2.05) is 0 Å². The number of benzene rings is 1. The van der Waals surface area contributed by atoms with Gasteiger partial charge in [-0.05, 0) is 50.2 Å². The zero-order chi connectivity index (χ0) is 15.1. The number of halogens is 2. The number of allylic oxidation sites excluding steroid dienone is 2. The molecule has 1 saturated carbocycles. The first kappa shape index (κ1) is 16.0. The number of hydrogen-bond acceptors (Lipinski definition) is 1. The van der Waals surface area contributed by atoms with Gasteiger partial charge >= 0.3 is 0 Å². The molecule has 0 radical (unpaired) electrons. The van der Waals surface area contributed by atoms with Gasteiger partial charge in [-0.1, -0.05) is 37.5 Å². The summed E-state index contributed by atoms with van der Waals surface area (Å²) in [4.78, 5) is 0. The maximum absolute atomic E-state index is 13.9. The lowest BCUT2D eigenvalue weighted by molar-refractivity contribution is 0.313. The third-order valence-corrected chi connectivity index (χ3v) is 4.07. The molecule has 0 amide bonds. The Bertz CT molecular complexity index is 476. The lowest BCUT2D eigenvalue weighted by atomic mass is 9.89. The fourth-order valence-corrected chi connectivity index (χ4v) is 2.89. The molecule has 0 bridgehead atoms. The van der Waals surface area contributed by atoms with Gasteiger partial charge in [-0.2, -0.15) is 4.39 Å². The molecule has 0 N–H and O–H groups in total. The van der Waals surface area contributed by atoms with Crippen molar-refractivity contribution in [3.8, 4) is 5.75 Å². The molecule has 0 unspecified atom stereocenters. The number of ether oxygens (including phenoxy) is 1. The predicted octanol–water partition coefficient (Wildman–Crippen LogP) is 5.43. The third-order valence-electron chi connectivity index (χ3n) is 4.07. The average molecular weight is 294 g/mol. The molecule has 2 rings (SSSR count). The van der Waals surface area contributed by atoms with Gasteiger partial charge in [0.1, 0.15) is 0 Å². The summed E-state index contributed by atoms with van der Waals surface area (Å²) in [6, 6.07) is 3.14. The molecule has 0 spiro atoms. The van der Waals surface area contributed by atoms with E-state index in [2.05, 4.69) is 12.2 Å². The second kappa shape index (κ2) is 8.16. The molecule has 1 fully saturated rings. The van der Waals surface area contributed by atoms with Crippen LogP contribution in [0, 0.1) is 17.6 Å². The minimum atomic E-state index is -0.870. The first-order chi connectivity index (χ1) is 10.2. The van der Waals surface area contributed by atoms with E-state index in [-0.39, 0.29) is 5.75 Å². The van der Waals surface area contributed by atoms with Crippen LogP contribution in [0.1, 0.15) is 51.0 Å². The number of rotatable bonds is 6. The van der Waals surface area contributed by atoms with Gasteiger partial charge in [-0.25, -0.2) is 4.39 Å². The highest BCUT2D eigenvalue weighted by Crippen LogP contribution is 2.26. The quantitative estimate of drug-likeness (QED) is 0.635. The van der Waals surface area contributed by atoms with Crippen molar-refractivity contribution < 1.29 is 13.5 Å². The van der Waals surface area contributed by atoms with Crippen molar-refractivity contribution in [3.05, 3.63) is 41.5 Å². The highest BCUT2D eigenvalue weighted by Gasteiger charge is 2.14. The Morgan fingerprint density at radius 2 is 1.90 bits per heavy atom. The van der Waals surface area contributed by atoms with Crippen molar-refractivity contribution >= 4 is 0 Å². The molecule has 3 heteroatoms. The van der Waals surface area contributed by atoms with Crippen LogP contribution in [0.2, 0.25) is 0 Å². The van der Waals surface area contributed by atoms with E-state index in [4.69, 9.17) is 4.74 Å². The third kappa shape index (κ3) is 4.55. The van der Waals surface area contributed by atoms with Crippen LogP contribution < -0.4 is 4.74 Å². The average Bonchev–Trinajstić information content (AvgIpc) is 2.51. The van der Waals surface area contributed by atoms with Crippen molar-refractivity contribution in [1.29, 1.82) is 0 Å². The largest absolute Gasteiger partial charge is 0.491 e. The van der Waals surface area contributed by atoms with Crippen molar-refractivity contribution in [2.45, 2.75) is 51.9 Å². The Balaban J connectivity index is 1.88. The molecule has 0 saturated heterocycles. The van der Waals surface area contributed by atoms with Crippen LogP contribution >= 0.6 is 0 Å². The van der Waals surface area contributed by atoms with Crippen molar-refractivity contribution in [2.24, 2.45) is 5.92 Å². The highest BCUT2D eigenvalue weighted by molar-refractivity contribution is 5.31. The van der Waals surface area contributed by atoms with Crippen LogP contribution in [-0.2, 0) is 6.42 Å². The smallest absolute Gasteiger partial charge is 0.200 e. The maximum Gasteiger partial charge on any atom is 0.200 e. The van der Waals surface area contributed by atoms with Gasteiger partial charge in [-0.15, -0.1) is 0 Å². The molecular weight excluding hydrogens is 270 g/mol. The predicted molar refractivity (Wildman–Crippen MR) is 81.6 cm³/mol. The van der Waals surface area contributed by atoms with E-state index in [0.29, 0.717) is 24.5 Å². The lowest BCUT2D eigenvalue weighted by Gasteiger charge is -2.17. The molecule has 0 aromatic heterocycles. The van der Waals surface area contributed by atoms with E-state index >= 15 is 0 Å². The number of hydrogen-bond donors (Lipinski definition) is 0. The molecule has 0 heterocycles. The number of aryl methyl sites for hydroxylation is 1. The van der Waals surface area contributed by atoms with Crippen LogP contribution in [0.25, 0.3) is 0 Å². The van der Waals surface area contributed by atoms with Gasteiger partial charge in [0.15, 0.2) is 11.6 Å². The van der Waals surface area contributed by atoms with Gasteiger partial charge in [0.25, 0.3) is 0 Å². The fourth-order valence-electron chi connectivity index (χ4n) is 2.89. The summed E-state index contributed by atoms with van der Waals surface area (Å²) < 4.78 is 32.7. The topological polar surface area (TPSA) is 9.23 Å². The van der Waals surface area contributed by atoms with Crippen LogP contribution in [0.15, 0.2) is 24.3 Å². The van der Waals surface area contributed by atoms with Crippen LogP contribution in [-0.4, -0.2) is 6.61 Å². The van der Waals surface area contributed by atoms with Crippen LogP contribution in [0.4, 0.5) is 8.78 Å². The minimum absolute atomic E-state index is 0.00324. The Morgan fingerprint density at radius 3 is 2.62 bits per heavy atom. The summed E-state index contributed by atoms with van der Waals surface area (Å²) in [6.07, 6.45) is 12.2. The Kier molecular flexibility index (Phi) is 6.21. The van der Waals surface area contributed by atoms with Gasteiger partial charge in [-0.3, -0.25) is 0 Å². The van der Waals surface area contributed by atoms with Crippen molar-refractivity contribution in [2.75, 3.05) is 6.61 Å². The Morgan fingerprint density at radius 1 is 1.14 bits per heavy atom. The molecular formula is C18H24F2O. The summed E-state index contributed by atoms with van der Waals surface area (Å²) >= 11 is 0. The van der Waals surface area contributed by atoms with Gasteiger partial charge in [0, 0.05) is 0 Å².